The minimum atomic E-state index is -1.17. The molecule has 0 radical (unpaired) electrons. The van der Waals surface area contributed by atoms with Crippen molar-refractivity contribution in [2.24, 2.45) is 10.9 Å². The molecule has 1 heterocycles. The fraction of sp³-hybridized carbons (Fsp3) is 0.407. The molecule has 11 nitrogen and oxygen atoms in total. The van der Waals surface area contributed by atoms with Gasteiger partial charge in [-0.2, -0.15) is 0 Å². The average Bonchev–Trinajstić information content (AvgIpc) is 3.07. The topological polar surface area (TPSA) is 156 Å². The number of hydrogen-bond donors (Lipinski definition) is 4. The summed E-state index contributed by atoms with van der Waals surface area (Å²) in [7, 11) is 1.30. The van der Waals surface area contributed by atoms with Crippen molar-refractivity contribution in [3.05, 3.63) is 58.7 Å². The molecule has 0 saturated heterocycles. The summed E-state index contributed by atoms with van der Waals surface area (Å²) in [6, 6.07) is 4.97. The molecule has 5 N–H and O–H groups in total. The van der Waals surface area contributed by atoms with E-state index in [0.29, 0.717) is 25.0 Å². The quantitative estimate of drug-likeness (QED) is 0.254. The monoisotopic (exact) mass is 561 g/mol. The number of halogens is 2. The number of amidine groups is 1. The number of rotatable bonds is 10. The van der Waals surface area contributed by atoms with Crippen LogP contribution in [0, 0.1) is 17.6 Å². The zero-order valence-corrected chi connectivity index (χ0v) is 22.5. The molecule has 1 aliphatic rings. The summed E-state index contributed by atoms with van der Waals surface area (Å²) in [4.78, 5) is 49.1. The zero-order valence-electron chi connectivity index (χ0n) is 22.5. The van der Waals surface area contributed by atoms with E-state index < -0.39 is 41.5 Å². The lowest BCUT2D eigenvalue weighted by molar-refractivity contribution is -0.131. The molecule has 2 atom stereocenters. The van der Waals surface area contributed by atoms with E-state index in [4.69, 9.17) is 15.3 Å². The van der Waals surface area contributed by atoms with Gasteiger partial charge >= 0.3 is 12.0 Å². The van der Waals surface area contributed by atoms with Gasteiger partial charge < -0.3 is 20.9 Å². The van der Waals surface area contributed by atoms with Gasteiger partial charge in [-0.3, -0.25) is 25.0 Å². The highest BCUT2D eigenvalue weighted by Crippen LogP contribution is 2.27. The number of amides is 3. The van der Waals surface area contributed by atoms with E-state index in [1.807, 2.05) is 6.92 Å². The van der Waals surface area contributed by atoms with E-state index in [1.54, 1.807) is 13.0 Å². The van der Waals surface area contributed by atoms with E-state index in [0.717, 1.165) is 17.0 Å². The molecular formula is C27H33F2N5O6. The maximum Gasteiger partial charge on any atom is 0.337 e. The normalized spacial score (nSPS) is 16.1. The van der Waals surface area contributed by atoms with Crippen LogP contribution in [0.3, 0.4) is 0 Å². The van der Waals surface area contributed by atoms with E-state index in [-0.39, 0.29) is 47.9 Å². The van der Waals surface area contributed by atoms with Crippen molar-refractivity contribution >= 4 is 29.4 Å². The number of nitrogen functional groups attached to an aromatic ring is 1. The molecule has 216 valence electrons. The Balaban J connectivity index is 1.90. The van der Waals surface area contributed by atoms with Gasteiger partial charge in [0, 0.05) is 11.8 Å². The summed E-state index contributed by atoms with van der Waals surface area (Å²) in [6.45, 7) is 3.67. The number of anilines is 1. The van der Waals surface area contributed by atoms with Gasteiger partial charge in [-0.05, 0) is 49.1 Å². The average molecular weight is 562 g/mol. The fourth-order valence-corrected chi connectivity index (χ4v) is 4.36. The van der Waals surface area contributed by atoms with Crippen LogP contribution in [-0.4, -0.2) is 60.6 Å². The third-order valence-corrected chi connectivity index (χ3v) is 6.38. The van der Waals surface area contributed by atoms with Crippen LogP contribution in [0.2, 0.25) is 0 Å². The van der Waals surface area contributed by atoms with Crippen LogP contribution in [0.4, 0.5) is 19.3 Å². The summed E-state index contributed by atoms with van der Waals surface area (Å²) in [5, 5.41) is 12.1. The first-order valence-electron chi connectivity index (χ1n) is 12.8. The number of ether oxygens (including phenoxy) is 1. The molecule has 3 amide bonds. The van der Waals surface area contributed by atoms with E-state index in [2.05, 4.69) is 15.8 Å². The number of aliphatic imine (C=N–C) groups is 1. The van der Waals surface area contributed by atoms with Crippen molar-refractivity contribution in [2.75, 3.05) is 32.5 Å². The number of benzene rings is 2. The standard InChI is InChI=1S/C27H33F2N5O6/c1-4-6-22(15-7-8-18(26(36)37)21(30)11-15)32-27(38)34-14-24(33-40-5-2)31-13-17(25(34)35)9-16-10-19(28)20(29)12-23(16)39-3/h7-8,10-12,17,22H,4-6,9,13-14,30H2,1-3H3,(H,31,33)(H,32,38)(H,36,37)/t17-,22-/m1/s1. The summed E-state index contributed by atoms with van der Waals surface area (Å²) in [5.74, 6) is -4.55. The Morgan fingerprint density at radius 2 is 1.95 bits per heavy atom. The van der Waals surface area contributed by atoms with Crippen molar-refractivity contribution in [3.8, 4) is 5.75 Å². The second-order valence-electron chi connectivity index (χ2n) is 9.17. The largest absolute Gasteiger partial charge is 0.496 e. The Labute approximate surface area is 230 Å². The van der Waals surface area contributed by atoms with Crippen molar-refractivity contribution in [3.63, 3.8) is 0 Å². The molecule has 2 aromatic carbocycles. The third-order valence-electron chi connectivity index (χ3n) is 6.38. The van der Waals surface area contributed by atoms with Crippen molar-refractivity contribution in [1.29, 1.82) is 0 Å². The first-order chi connectivity index (χ1) is 19.1. The highest BCUT2D eigenvalue weighted by Gasteiger charge is 2.34. The Hall–Kier alpha value is -4.26. The Kier molecular flexibility index (Phi) is 10.4. The molecule has 0 unspecified atom stereocenters. The second kappa shape index (κ2) is 13.7. The van der Waals surface area contributed by atoms with Gasteiger partial charge in [-0.25, -0.2) is 18.4 Å². The maximum atomic E-state index is 14.0. The summed E-state index contributed by atoms with van der Waals surface area (Å²) in [5.41, 5.74) is 9.36. The number of nitrogens with two attached hydrogens (primary N) is 1. The number of aromatic carboxylic acids is 1. The molecule has 2 aromatic rings. The van der Waals surface area contributed by atoms with E-state index in [1.165, 1.54) is 19.2 Å². The first-order valence-corrected chi connectivity index (χ1v) is 12.8. The Bertz CT molecular complexity index is 1290. The molecule has 0 fully saturated rings. The van der Waals surface area contributed by atoms with Crippen molar-refractivity contribution < 1.29 is 37.8 Å². The molecule has 0 saturated carbocycles. The van der Waals surface area contributed by atoms with Crippen LogP contribution >= 0.6 is 0 Å². The predicted molar refractivity (Wildman–Crippen MR) is 143 cm³/mol. The lowest BCUT2D eigenvalue weighted by Crippen LogP contribution is -2.50. The van der Waals surface area contributed by atoms with Gasteiger partial charge in [0.25, 0.3) is 0 Å². The van der Waals surface area contributed by atoms with Gasteiger partial charge in [0.05, 0.1) is 44.3 Å². The lowest BCUT2D eigenvalue weighted by atomic mass is 9.97. The highest BCUT2D eigenvalue weighted by atomic mass is 19.2. The Morgan fingerprint density at radius 1 is 1.23 bits per heavy atom. The van der Waals surface area contributed by atoms with Gasteiger partial charge in [0.2, 0.25) is 5.91 Å². The number of carboxylic acid groups (broad SMARTS) is 1. The zero-order chi connectivity index (χ0) is 29.4. The maximum absolute atomic E-state index is 14.0. The van der Waals surface area contributed by atoms with Crippen LogP contribution in [0.5, 0.6) is 5.75 Å². The van der Waals surface area contributed by atoms with E-state index >= 15 is 0 Å². The highest BCUT2D eigenvalue weighted by molar-refractivity contribution is 6.01. The predicted octanol–water partition coefficient (Wildman–Crippen LogP) is 3.45. The van der Waals surface area contributed by atoms with Gasteiger partial charge in [-0.1, -0.05) is 19.4 Å². The third kappa shape index (κ3) is 7.23. The number of hydroxylamine groups is 1. The van der Waals surface area contributed by atoms with Crippen LogP contribution < -0.4 is 21.3 Å². The summed E-state index contributed by atoms with van der Waals surface area (Å²) < 4.78 is 32.9. The molecule has 40 heavy (non-hydrogen) atoms. The minimum absolute atomic E-state index is 0.0436. The SMILES string of the molecule is CCC[C@@H](NC(=O)N1CC(NOCC)=NC[C@@H](Cc2cc(F)c(F)cc2OC)C1=O)c1ccc(C(=O)O)c(N)c1. The molecule has 3 rings (SSSR count). The number of carbonyl (C=O) groups excluding carboxylic acids is 2. The number of carbonyl (C=O) groups is 3. The summed E-state index contributed by atoms with van der Waals surface area (Å²) in [6.07, 6.45) is 1.07. The number of imide groups is 1. The smallest absolute Gasteiger partial charge is 0.337 e. The number of carboxylic acids is 1. The van der Waals surface area contributed by atoms with Gasteiger partial charge in [0.1, 0.15) is 11.6 Å². The minimum Gasteiger partial charge on any atom is -0.496 e. The van der Waals surface area contributed by atoms with Gasteiger partial charge in [0.15, 0.2) is 11.6 Å². The Morgan fingerprint density at radius 3 is 2.58 bits per heavy atom. The molecule has 1 aliphatic heterocycles. The first kappa shape index (κ1) is 30.3. The molecular weight excluding hydrogens is 528 g/mol. The molecule has 0 aliphatic carbocycles. The number of methoxy groups -OCH3 is 1. The number of nitrogens with zero attached hydrogens (tertiary/aromatic N) is 2. The fourth-order valence-electron chi connectivity index (χ4n) is 4.36. The molecule has 0 bridgehead atoms. The number of nitrogens with one attached hydrogen (secondary N) is 2. The van der Waals surface area contributed by atoms with Crippen molar-refractivity contribution in [1.82, 2.24) is 15.7 Å². The lowest BCUT2D eigenvalue weighted by Gasteiger charge is -2.27. The van der Waals surface area contributed by atoms with Gasteiger partial charge in [-0.15, -0.1) is 0 Å². The summed E-state index contributed by atoms with van der Waals surface area (Å²) >= 11 is 0. The van der Waals surface area contributed by atoms with Crippen LogP contribution in [0.15, 0.2) is 35.3 Å². The van der Waals surface area contributed by atoms with Crippen LogP contribution in [-0.2, 0) is 16.1 Å². The van der Waals surface area contributed by atoms with Crippen molar-refractivity contribution in [2.45, 2.75) is 39.2 Å². The molecule has 13 heteroatoms. The van der Waals surface area contributed by atoms with Crippen LogP contribution in [0.1, 0.15) is 54.2 Å². The number of urea groups is 1. The number of hydrogen-bond acceptors (Lipinski definition) is 8. The van der Waals surface area contributed by atoms with Crippen LogP contribution in [0.25, 0.3) is 0 Å². The molecule has 0 aromatic heterocycles. The second-order valence-corrected chi connectivity index (χ2v) is 9.17. The molecule has 0 spiro atoms. The van der Waals surface area contributed by atoms with E-state index in [9.17, 15) is 28.3 Å².